The van der Waals surface area contributed by atoms with Crippen molar-refractivity contribution in [2.75, 3.05) is 11.9 Å². The van der Waals surface area contributed by atoms with Crippen molar-refractivity contribution in [1.29, 1.82) is 0 Å². The Morgan fingerprint density at radius 2 is 1.87 bits per heavy atom. The van der Waals surface area contributed by atoms with Crippen LogP contribution in [-0.2, 0) is 4.79 Å². The van der Waals surface area contributed by atoms with E-state index in [1.807, 2.05) is 6.92 Å². The molecule has 23 heavy (non-hydrogen) atoms. The summed E-state index contributed by atoms with van der Waals surface area (Å²) in [5.74, 6) is -0.0913. The first kappa shape index (κ1) is 17.0. The fourth-order valence-corrected chi connectivity index (χ4v) is 2.31. The van der Waals surface area contributed by atoms with Gasteiger partial charge in [0.05, 0.1) is 12.3 Å². The molecule has 0 saturated heterocycles. The number of benzene rings is 2. The number of carbonyl (C=O) groups is 2. The van der Waals surface area contributed by atoms with E-state index in [4.69, 9.17) is 9.47 Å². The van der Waals surface area contributed by atoms with Crippen LogP contribution >= 0.6 is 15.9 Å². The van der Waals surface area contributed by atoms with Crippen molar-refractivity contribution in [3.05, 3.63) is 52.5 Å². The van der Waals surface area contributed by atoms with Crippen LogP contribution in [0.1, 0.15) is 24.2 Å². The number of anilines is 1. The van der Waals surface area contributed by atoms with Gasteiger partial charge in [0.15, 0.2) is 5.75 Å². The summed E-state index contributed by atoms with van der Waals surface area (Å²) >= 11 is 3.33. The molecule has 0 unspecified atom stereocenters. The van der Waals surface area contributed by atoms with Gasteiger partial charge >= 0.3 is 5.97 Å². The third-order valence-corrected chi connectivity index (χ3v) is 3.36. The Morgan fingerprint density at radius 3 is 2.57 bits per heavy atom. The SMILES string of the molecule is CCOc1ccc(Br)cc1C(=O)Oc1ccccc1NC(C)=O. The molecular weight excluding hydrogens is 362 g/mol. The average molecular weight is 378 g/mol. The number of rotatable bonds is 5. The Morgan fingerprint density at radius 1 is 1.13 bits per heavy atom. The van der Waals surface area contributed by atoms with Gasteiger partial charge in [-0.2, -0.15) is 0 Å². The summed E-state index contributed by atoms with van der Waals surface area (Å²) in [5.41, 5.74) is 0.736. The fourth-order valence-electron chi connectivity index (χ4n) is 1.95. The van der Waals surface area contributed by atoms with E-state index in [9.17, 15) is 9.59 Å². The van der Waals surface area contributed by atoms with Crippen molar-refractivity contribution in [3.63, 3.8) is 0 Å². The second kappa shape index (κ2) is 7.78. The molecule has 5 nitrogen and oxygen atoms in total. The van der Waals surface area contributed by atoms with E-state index in [2.05, 4.69) is 21.2 Å². The Bertz CT molecular complexity index is 730. The van der Waals surface area contributed by atoms with Gasteiger partial charge in [-0.3, -0.25) is 4.79 Å². The number of para-hydroxylation sites is 2. The fraction of sp³-hybridized carbons (Fsp3) is 0.176. The number of nitrogens with one attached hydrogen (secondary N) is 1. The molecule has 0 fully saturated rings. The van der Waals surface area contributed by atoms with Gasteiger partial charge in [0, 0.05) is 11.4 Å². The van der Waals surface area contributed by atoms with Crippen molar-refractivity contribution < 1.29 is 19.1 Å². The van der Waals surface area contributed by atoms with Crippen LogP contribution in [0.4, 0.5) is 5.69 Å². The minimum atomic E-state index is -0.562. The molecule has 0 heterocycles. The first-order valence-corrected chi connectivity index (χ1v) is 7.81. The molecule has 0 radical (unpaired) electrons. The van der Waals surface area contributed by atoms with Gasteiger partial charge in [-0.1, -0.05) is 28.1 Å². The molecule has 2 aromatic carbocycles. The first-order valence-electron chi connectivity index (χ1n) is 7.02. The van der Waals surface area contributed by atoms with E-state index < -0.39 is 5.97 Å². The summed E-state index contributed by atoms with van der Waals surface area (Å²) < 4.78 is 11.6. The molecule has 0 atom stereocenters. The minimum absolute atomic E-state index is 0.244. The lowest BCUT2D eigenvalue weighted by Crippen LogP contribution is -2.13. The van der Waals surface area contributed by atoms with Gasteiger partial charge in [-0.25, -0.2) is 4.79 Å². The molecule has 0 aromatic heterocycles. The van der Waals surface area contributed by atoms with Gasteiger partial charge < -0.3 is 14.8 Å². The number of hydrogen-bond donors (Lipinski definition) is 1. The third kappa shape index (κ3) is 4.56. The standard InChI is InChI=1S/C17H16BrNO4/c1-3-22-15-9-8-12(18)10-13(15)17(21)23-16-7-5-4-6-14(16)19-11(2)20/h4-10H,3H2,1-2H3,(H,19,20). The normalized spacial score (nSPS) is 10.0. The molecule has 2 rings (SSSR count). The van der Waals surface area contributed by atoms with Gasteiger partial charge in [-0.15, -0.1) is 0 Å². The summed E-state index contributed by atoms with van der Waals surface area (Å²) in [4.78, 5) is 23.7. The van der Waals surface area contributed by atoms with Gasteiger partial charge in [0.25, 0.3) is 0 Å². The quantitative estimate of drug-likeness (QED) is 0.631. The Labute approximate surface area is 142 Å². The van der Waals surface area contributed by atoms with Crippen LogP contribution in [0.2, 0.25) is 0 Å². The summed E-state index contributed by atoms with van der Waals surface area (Å²) in [7, 11) is 0. The number of esters is 1. The van der Waals surface area contributed by atoms with E-state index in [0.29, 0.717) is 23.6 Å². The summed E-state index contributed by atoms with van der Waals surface area (Å²) in [6, 6.07) is 11.9. The largest absolute Gasteiger partial charge is 0.493 e. The highest BCUT2D eigenvalue weighted by molar-refractivity contribution is 9.10. The number of ether oxygens (including phenoxy) is 2. The highest BCUT2D eigenvalue weighted by Crippen LogP contribution is 2.28. The second-order valence-corrected chi connectivity index (χ2v) is 5.56. The van der Waals surface area contributed by atoms with E-state index in [1.165, 1.54) is 6.92 Å². The summed E-state index contributed by atoms with van der Waals surface area (Å²) in [6.45, 7) is 3.66. The minimum Gasteiger partial charge on any atom is -0.493 e. The maximum atomic E-state index is 12.5. The zero-order valence-electron chi connectivity index (χ0n) is 12.8. The van der Waals surface area contributed by atoms with Crippen molar-refractivity contribution in [3.8, 4) is 11.5 Å². The highest BCUT2D eigenvalue weighted by atomic mass is 79.9. The molecule has 1 amide bonds. The van der Waals surface area contributed by atoms with Crippen LogP contribution in [0, 0.1) is 0 Å². The van der Waals surface area contributed by atoms with Crippen LogP contribution in [0.25, 0.3) is 0 Å². The monoisotopic (exact) mass is 377 g/mol. The van der Waals surface area contributed by atoms with E-state index in [1.54, 1.807) is 42.5 Å². The summed E-state index contributed by atoms with van der Waals surface area (Å²) in [5, 5.41) is 2.62. The molecule has 6 heteroatoms. The van der Waals surface area contributed by atoms with Gasteiger partial charge in [0.2, 0.25) is 5.91 Å². The maximum Gasteiger partial charge on any atom is 0.347 e. The Balaban J connectivity index is 2.29. The van der Waals surface area contributed by atoms with Crippen molar-refractivity contribution in [2.24, 2.45) is 0 Å². The lowest BCUT2D eigenvalue weighted by atomic mass is 10.2. The molecule has 120 valence electrons. The molecule has 0 aliphatic carbocycles. The van der Waals surface area contributed by atoms with Gasteiger partial charge in [0.1, 0.15) is 11.3 Å². The molecule has 0 spiro atoms. The third-order valence-electron chi connectivity index (χ3n) is 2.86. The average Bonchev–Trinajstić information content (AvgIpc) is 2.50. The smallest absolute Gasteiger partial charge is 0.347 e. The molecule has 0 saturated carbocycles. The lowest BCUT2D eigenvalue weighted by Gasteiger charge is -2.12. The molecule has 2 aromatic rings. The highest BCUT2D eigenvalue weighted by Gasteiger charge is 2.17. The Kier molecular flexibility index (Phi) is 5.76. The van der Waals surface area contributed by atoms with Gasteiger partial charge in [-0.05, 0) is 37.3 Å². The predicted octanol–water partition coefficient (Wildman–Crippen LogP) is 4.03. The van der Waals surface area contributed by atoms with Crippen LogP contribution in [-0.4, -0.2) is 18.5 Å². The number of halogens is 1. The maximum absolute atomic E-state index is 12.5. The van der Waals surface area contributed by atoms with Crippen LogP contribution in [0.15, 0.2) is 46.9 Å². The number of hydrogen-bond acceptors (Lipinski definition) is 4. The van der Waals surface area contributed by atoms with Crippen LogP contribution in [0.3, 0.4) is 0 Å². The molecule has 0 aliphatic heterocycles. The van der Waals surface area contributed by atoms with Crippen molar-refractivity contribution in [2.45, 2.75) is 13.8 Å². The number of carbonyl (C=O) groups excluding carboxylic acids is 2. The van der Waals surface area contributed by atoms with Crippen LogP contribution < -0.4 is 14.8 Å². The first-order chi connectivity index (χ1) is 11.0. The van der Waals surface area contributed by atoms with E-state index in [0.717, 1.165) is 4.47 Å². The Hall–Kier alpha value is -2.34. The molecule has 0 bridgehead atoms. The zero-order valence-corrected chi connectivity index (χ0v) is 14.3. The van der Waals surface area contributed by atoms with Crippen molar-refractivity contribution >= 4 is 33.5 Å². The van der Waals surface area contributed by atoms with E-state index >= 15 is 0 Å². The number of amides is 1. The van der Waals surface area contributed by atoms with Crippen LogP contribution in [0.5, 0.6) is 11.5 Å². The predicted molar refractivity (Wildman–Crippen MR) is 91.0 cm³/mol. The lowest BCUT2D eigenvalue weighted by molar-refractivity contribution is -0.114. The topological polar surface area (TPSA) is 64.6 Å². The zero-order chi connectivity index (χ0) is 16.8. The second-order valence-electron chi connectivity index (χ2n) is 4.64. The molecular formula is C17H16BrNO4. The molecule has 1 N–H and O–H groups in total. The van der Waals surface area contributed by atoms with Crippen molar-refractivity contribution in [1.82, 2.24) is 0 Å². The van der Waals surface area contributed by atoms with E-state index in [-0.39, 0.29) is 11.7 Å². The summed E-state index contributed by atoms with van der Waals surface area (Å²) in [6.07, 6.45) is 0. The molecule has 0 aliphatic rings.